The molecule has 3 nitrogen and oxygen atoms in total. The Morgan fingerprint density at radius 2 is 1.18 bits per heavy atom. The molecule has 1 N–H and O–H groups in total. The van der Waals surface area contributed by atoms with Crippen molar-refractivity contribution in [1.82, 2.24) is 4.57 Å². The first-order chi connectivity index (χ1) is 23.4. The van der Waals surface area contributed by atoms with Crippen LogP contribution < -0.4 is 5.32 Å². The Morgan fingerprint density at radius 3 is 1.71 bits per heavy atom. The largest absolute Gasteiger partial charge is 0.385 e. The topological polar surface area (TPSA) is 29.3 Å². The number of rotatable bonds is 8. The van der Waals surface area contributed by atoms with E-state index in [-0.39, 0.29) is 0 Å². The summed E-state index contributed by atoms with van der Waals surface area (Å²) in [7, 11) is 2.18. The molecule has 0 fully saturated rings. The third kappa shape index (κ3) is 13.0. The molecule has 0 radical (unpaired) electrons. The highest BCUT2D eigenvalue weighted by Gasteiger charge is 2.23. The highest BCUT2D eigenvalue weighted by molar-refractivity contribution is 6.10. The molecule has 0 saturated heterocycles. The van der Waals surface area contributed by atoms with Crippen molar-refractivity contribution in [3.63, 3.8) is 0 Å². The van der Waals surface area contributed by atoms with Crippen molar-refractivity contribution in [1.29, 1.82) is 0 Å². The second-order valence-corrected chi connectivity index (χ2v) is 14.6. The quantitative estimate of drug-likeness (QED) is 0.200. The molecular formula is C46H65N3. The number of benzene rings is 3. The normalized spacial score (nSPS) is 12.0. The summed E-state index contributed by atoms with van der Waals surface area (Å²) >= 11 is 0. The molecule has 0 spiro atoms. The van der Waals surface area contributed by atoms with Crippen molar-refractivity contribution < 1.29 is 0 Å². The van der Waals surface area contributed by atoms with Crippen LogP contribution in [0.3, 0.4) is 0 Å². The van der Waals surface area contributed by atoms with Crippen LogP contribution in [0.4, 0.5) is 5.69 Å². The number of aryl methyl sites for hydroxylation is 1. The van der Waals surface area contributed by atoms with Crippen LogP contribution in [0.2, 0.25) is 0 Å². The van der Waals surface area contributed by atoms with Crippen LogP contribution in [0.1, 0.15) is 94.2 Å². The number of fused-ring (bicyclic) bond motifs is 1. The lowest BCUT2D eigenvalue weighted by Crippen LogP contribution is -2.07. The Labute approximate surface area is 300 Å². The molecule has 1 aliphatic carbocycles. The molecule has 3 heteroatoms. The molecule has 1 heterocycles. The van der Waals surface area contributed by atoms with Crippen LogP contribution in [-0.4, -0.2) is 23.4 Å². The van der Waals surface area contributed by atoms with E-state index >= 15 is 0 Å². The standard InChI is InChI=1S/C36H39N3.2C4H10.C2H6/c1-25(2)23-37-30-19-15-27(16-20-30)34(28-17-21-31(22-18-28)38-24-26(3)4)35-32-13-9-10-14-33(32)39(5)36(35)29-11-7-6-8-12-29;2*1-4(2)3;1-2/h6-22,25-26,37H,23-24H2,1-5H3;2*4H,1-3H3;1-2H3. The smallest absolute Gasteiger partial charge is 0.0574 e. The van der Waals surface area contributed by atoms with E-state index in [0.29, 0.717) is 11.8 Å². The molecule has 1 aliphatic rings. The van der Waals surface area contributed by atoms with Gasteiger partial charge in [-0.2, -0.15) is 0 Å². The molecule has 0 saturated carbocycles. The van der Waals surface area contributed by atoms with Crippen LogP contribution in [0, 0.1) is 23.7 Å². The van der Waals surface area contributed by atoms with Crippen molar-refractivity contribution >= 4 is 27.9 Å². The van der Waals surface area contributed by atoms with E-state index < -0.39 is 0 Å². The first-order valence-corrected chi connectivity index (χ1v) is 18.5. The van der Waals surface area contributed by atoms with E-state index in [0.717, 1.165) is 36.3 Å². The fraction of sp³-hybridized carbons (Fsp3) is 0.413. The van der Waals surface area contributed by atoms with Gasteiger partial charge in [-0.05, 0) is 76.3 Å². The summed E-state index contributed by atoms with van der Waals surface area (Å²) in [6, 6.07) is 28.4. The van der Waals surface area contributed by atoms with E-state index in [9.17, 15) is 0 Å². The van der Waals surface area contributed by atoms with Crippen LogP contribution in [-0.2, 0) is 7.05 Å². The molecule has 0 unspecified atom stereocenters. The number of aromatic nitrogens is 1. The maximum atomic E-state index is 4.80. The van der Waals surface area contributed by atoms with Gasteiger partial charge in [0.05, 0.1) is 11.4 Å². The minimum Gasteiger partial charge on any atom is -0.385 e. The van der Waals surface area contributed by atoms with Gasteiger partial charge in [-0.3, -0.25) is 4.99 Å². The van der Waals surface area contributed by atoms with Gasteiger partial charge in [0.25, 0.3) is 0 Å². The van der Waals surface area contributed by atoms with Gasteiger partial charge in [0.2, 0.25) is 0 Å². The van der Waals surface area contributed by atoms with Gasteiger partial charge < -0.3 is 9.88 Å². The number of hydrogen-bond acceptors (Lipinski definition) is 2. The molecule has 0 aliphatic heterocycles. The number of nitrogens with zero attached hydrogens (tertiary/aromatic N) is 2. The minimum absolute atomic E-state index is 0.540. The van der Waals surface area contributed by atoms with E-state index in [1.54, 1.807) is 0 Å². The molecule has 3 aromatic carbocycles. The molecule has 0 bridgehead atoms. The van der Waals surface area contributed by atoms with Crippen LogP contribution in [0.15, 0.2) is 114 Å². The van der Waals surface area contributed by atoms with Crippen molar-refractivity contribution in [3.8, 4) is 11.3 Å². The average Bonchev–Trinajstić information content (AvgIpc) is 3.36. The van der Waals surface area contributed by atoms with Crippen molar-refractivity contribution in [2.24, 2.45) is 35.7 Å². The lowest BCUT2D eigenvalue weighted by Gasteiger charge is -2.17. The highest BCUT2D eigenvalue weighted by Crippen LogP contribution is 2.42. The minimum atomic E-state index is 0.540. The second-order valence-electron chi connectivity index (χ2n) is 14.6. The average molecular weight is 660 g/mol. The number of allylic oxidation sites excluding steroid dienone is 5. The number of anilines is 1. The maximum Gasteiger partial charge on any atom is 0.0574 e. The highest BCUT2D eigenvalue weighted by atomic mass is 15.0. The third-order valence-corrected chi connectivity index (χ3v) is 7.09. The summed E-state index contributed by atoms with van der Waals surface area (Å²) in [5, 5.41) is 4.82. The van der Waals surface area contributed by atoms with Crippen LogP contribution in [0.25, 0.3) is 27.7 Å². The van der Waals surface area contributed by atoms with E-state index in [4.69, 9.17) is 4.99 Å². The van der Waals surface area contributed by atoms with Gasteiger partial charge in [-0.15, -0.1) is 0 Å². The van der Waals surface area contributed by atoms with Gasteiger partial charge in [0.1, 0.15) is 0 Å². The zero-order chi connectivity index (χ0) is 36.5. The predicted molar refractivity (Wildman–Crippen MR) is 222 cm³/mol. The maximum absolute atomic E-state index is 4.80. The number of aliphatic imine (C=N–C) groups is 1. The molecule has 5 rings (SSSR count). The molecule has 1 aromatic heterocycles. The molecule has 264 valence electrons. The van der Waals surface area contributed by atoms with Gasteiger partial charge >= 0.3 is 0 Å². The fourth-order valence-electron chi connectivity index (χ4n) is 5.13. The third-order valence-electron chi connectivity index (χ3n) is 7.09. The fourth-order valence-corrected chi connectivity index (χ4v) is 5.13. The summed E-state index contributed by atoms with van der Waals surface area (Å²) in [5.74, 6) is 2.80. The molecule has 4 aromatic rings. The Morgan fingerprint density at radius 1 is 0.653 bits per heavy atom. The lowest BCUT2D eigenvalue weighted by molar-refractivity contribution is 0.666. The first-order valence-electron chi connectivity index (χ1n) is 18.5. The van der Waals surface area contributed by atoms with Gasteiger partial charge in [0, 0.05) is 42.3 Å². The summed E-state index contributed by atoms with van der Waals surface area (Å²) in [4.78, 5) is 4.80. The van der Waals surface area contributed by atoms with Crippen LogP contribution >= 0.6 is 0 Å². The Bertz CT molecular complexity index is 1630. The van der Waals surface area contributed by atoms with Crippen molar-refractivity contribution in [2.45, 2.75) is 83.1 Å². The van der Waals surface area contributed by atoms with E-state index in [1.807, 2.05) is 13.8 Å². The summed E-state index contributed by atoms with van der Waals surface area (Å²) < 4.78 is 2.34. The first kappa shape index (κ1) is 41.1. The summed E-state index contributed by atoms with van der Waals surface area (Å²) in [5.41, 5.74) is 10.7. The number of hydrogen-bond donors (Lipinski definition) is 1. The Hall–Kier alpha value is -4.11. The lowest BCUT2D eigenvalue weighted by atomic mass is 9.87. The van der Waals surface area contributed by atoms with Crippen molar-refractivity contribution in [2.75, 3.05) is 18.4 Å². The van der Waals surface area contributed by atoms with Crippen LogP contribution in [0.5, 0.6) is 0 Å². The van der Waals surface area contributed by atoms with Gasteiger partial charge in [0.15, 0.2) is 0 Å². The Kier molecular flexibility index (Phi) is 17.7. The van der Waals surface area contributed by atoms with Gasteiger partial charge in [-0.25, -0.2) is 0 Å². The monoisotopic (exact) mass is 660 g/mol. The molecule has 0 atom stereocenters. The van der Waals surface area contributed by atoms with Crippen molar-refractivity contribution in [3.05, 3.63) is 120 Å². The molecule has 0 amide bonds. The SMILES string of the molecule is CC.CC(C)C.CC(C)C.CC(C)CN=C1C=CC(=C(c2ccc(NCC(C)C)cc2)c2c(-c3ccccc3)n(C)c3ccccc23)C=C1. The number of nitrogens with one attached hydrogen (secondary N) is 1. The zero-order valence-electron chi connectivity index (χ0n) is 32.9. The zero-order valence-corrected chi connectivity index (χ0v) is 32.9. The van der Waals surface area contributed by atoms with E-state index in [1.165, 1.54) is 44.4 Å². The number of para-hydroxylation sites is 1. The summed E-state index contributed by atoms with van der Waals surface area (Å²) in [6.45, 7) is 27.7. The van der Waals surface area contributed by atoms with E-state index in [2.05, 4.69) is 189 Å². The van der Waals surface area contributed by atoms with Gasteiger partial charge in [-0.1, -0.05) is 156 Å². The predicted octanol–water partition coefficient (Wildman–Crippen LogP) is 13.3. The second kappa shape index (κ2) is 21.1. The Balaban J connectivity index is 0.000000742. The molecular weight excluding hydrogens is 595 g/mol. The molecule has 49 heavy (non-hydrogen) atoms. The summed E-state index contributed by atoms with van der Waals surface area (Å²) in [6.07, 6.45) is 8.78.